The fourth-order valence-corrected chi connectivity index (χ4v) is 3.68. The fourth-order valence-electron chi connectivity index (χ4n) is 3.68. The van der Waals surface area contributed by atoms with Gasteiger partial charge in [-0.2, -0.15) is 0 Å². The minimum Gasteiger partial charge on any atom is -0.319 e. The molecule has 3 atom stereocenters. The lowest BCUT2D eigenvalue weighted by molar-refractivity contribution is 0.104. The third-order valence-electron chi connectivity index (χ3n) is 3.96. The van der Waals surface area contributed by atoms with Gasteiger partial charge in [0.1, 0.15) is 0 Å². The van der Waals surface area contributed by atoms with Gasteiger partial charge in [-0.3, -0.25) is 4.90 Å². The smallest absolute Gasteiger partial charge is 0.0179 e. The van der Waals surface area contributed by atoms with E-state index in [-0.39, 0.29) is 0 Å². The van der Waals surface area contributed by atoms with E-state index < -0.39 is 0 Å². The molecule has 0 aromatic rings. The van der Waals surface area contributed by atoms with Gasteiger partial charge in [0.15, 0.2) is 0 Å². The predicted octanol–water partition coefficient (Wildman–Crippen LogP) is 1.86. The summed E-state index contributed by atoms with van der Waals surface area (Å²) < 4.78 is 0. The summed E-state index contributed by atoms with van der Waals surface area (Å²) >= 11 is 0. The van der Waals surface area contributed by atoms with Crippen molar-refractivity contribution < 1.29 is 0 Å². The van der Waals surface area contributed by atoms with Crippen molar-refractivity contribution in [3.8, 4) is 0 Å². The zero-order valence-corrected chi connectivity index (χ0v) is 10.2. The lowest BCUT2D eigenvalue weighted by Crippen LogP contribution is -2.45. The average molecular weight is 196 g/mol. The van der Waals surface area contributed by atoms with Crippen molar-refractivity contribution in [2.75, 3.05) is 13.6 Å². The van der Waals surface area contributed by atoms with Crippen LogP contribution in [-0.2, 0) is 0 Å². The second kappa shape index (κ2) is 2.96. The van der Waals surface area contributed by atoms with Crippen LogP contribution < -0.4 is 5.32 Å². The first kappa shape index (κ1) is 10.4. The van der Waals surface area contributed by atoms with Gasteiger partial charge in [-0.25, -0.2) is 0 Å². The average Bonchev–Trinajstić information content (AvgIpc) is 2.53. The number of nitrogens with zero attached hydrogens (tertiary/aromatic N) is 1. The second-order valence-electron chi connectivity index (χ2n) is 6.24. The van der Waals surface area contributed by atoms with Gasteiger partial charge in [0.05, 0.1) is 0 Å². The summed E-state index contributed by atoms with van der Waals surface area (Å²) in [4.78, 5) is 2.73. The van der Waals surface area contributed by atoms with Crippen LogP contribution >= 0.6 is 0 Å². The number of hydrogen-bond donors (Lipinski definition) is 1. The molecule has 2 nitrogen and oxygen atoms in total. The molecule has 2 rings (SSSR count). The first-order valence-corrected chi connectivity index (χ1v) is 5.84. The van der Waals surface area contributed by atoms with Gasteiger partial charge in [0.2, 0.25) is 0 Å². The molecule has 0 radical (unpaired) electrons. The SMILES string of the molecule is CNC[C@@]12C[C@@H](C)N(C(C)(C)C)[C@@H]1C2. The number of fused-ring (bicyclic) bond motifs is 1. The van der Waals surface area contributed by atoms with Gasteiger partial charge in [-0.15, -0.1) is 0 Å². The molecule has 2 aliphatic rings. The van der Waals surface area contributed by atoms with E-state index in [0.717, 1.165) is 12.1 Å². The highest BCUT2D eigenvalue weighted by molar-refractivity contribution is 5.18. The molecular weight excluding hydrogens is 172 g/mol. The molecule has 0 spiro atoms. The maximum Gasteiger partial charge on any atom is 0.0179 e. The summed E-state index contributed by atoms with van der Waals surface area (Å²) in [6, 6.07) is 1.62. The molecular formula is C12H24N2. The van der Waals surface area contributed by atoms with E-state index >= 15 is 0 Å². The van der Waals surface area contributed by atoms with Crippen LogP contribution in [0.1, 0.15) is 40.5 Å². The van der Waals surface area contributed by atoms with Crippen molar-refractivity contribution in [1.29, 1.82) is 0 Å². The molecule has 0 bridgehead atoms. The molecule has 0 aromatic heterocycles. The van der Waals surface area contributed by atoms with Crippen molar-refractivity contribution >= 4 is 0 Å². The highest BCUT2D eigenvalue weighted by atomic mass is 15.3. The zero-order valence-electron chi connectivity index (χ0n) is 10.2. The summed E-state index contributed by atoms with van der Waals surface area (Å²) in [6.07, 6.45) is 2.80. The summed E-state index contributed by atoms with van der Waals surface area (Å²) in [7, 11) is 2.08. The normalized spacial score (nSPS) is 42.6. The van der Waals surface area contributed by atoms with Crippen molar-refractivity contribution in [2.24, 2.45) is 5.41 Å². The van der Waals surface area contributed by atoms with E-state index in [1.807, 2.05) is 0 Å². The molecule has 14 heavy (non-hydrogen) atoms. The molecule has 1 saturated heterocycles. The molecule has 0 aromatic carbocycles. The van der Waals surface area contributed by atoms with Crippen LogP contribution in [0.4, 0.5) is 0 Å². The van der Waals surface area contributed by atoms with E-state index in [2.05, 4.69) is 45.0 Å². The van der Waals surface area contributed by atoms with E-state index in [4.69, 9.17) is 0 Å². The van der Waals surface area contributed by atoms with E-state index in [1.54, 1.807) is 0 Å². The number of hydrogen-bond acceptors (Lipinski definition) is 2. The topological polar surface area (TPSA) is 15.3 Å². The van der Waals surface area contributed by atoms with Crippen molar-refractivity contribution in [1.82, 2.24) is 10.2 Å². The molecule has 2 fully saturated rings. The van der Waals surface area contributed by atoms with Gasteiger partial charge in [0, 0.05) is 29.6 Å². The van der Waals surface area contributed by atoms with Crippen LogP contribution in [0.3, 0.4) is 0 Å². The highest BCUT2D eigenvalue weighted by Gasteiger charge is 2.64. The standard InChI is InChI=1S/C12H24N2/c1-9-6-12(8-13-5)7-10(12)14(9)11(2,3)4/h9-10,13H,6-8H2,1-5H3/t9-,10-,12+/m1/s1. The minimum absolute atomic E-state index is 0.343. The molecule has 1 N–H and O–H groups in total. The molecule has 2 heteroatoms. The molecule has 1 aliphatic carbocycles. The Bertz CT molecular complexity index is 231. The van der Waals surface area contributed by atoms with Crippen LogP contribution in [0.25, 0.3) is 0 Å². The molecule has 1 aliphatic heterocycles. The number of rotatable bonds is 2. The lowest BCUT2D eigenvalue weighted by Gasteiger charge is -2.37. The van der Waals surface area contributed by atoms with Crippen molar-refractivity contribution in [3.05, 3.63) is 0 Å². The predicted molar refractivity (Wildman–Crippen MR) is 60.4 cm³/mol. The number of nitrogens with one attached hydrogen (secondary N) is 1. The monoisotopic (exact) mass is 196 g/mol. The number of piperidine rings is 1. The van der Waals surface area contributed by atoms with Crippen molar-refractivity contribution in [2.45, 2.75) is 58.2 Å². The van der Waals surface area contributed by atoms with Crippen LogP contribution in [0.5, 0.6) is 0 Å². The molecule has 1 saturated carbocycles. The highest BCUT2D eigenvalue weighted by Crippen LogP contribution is 2.60. The zero-order chi connectivity index (χ0) is 10.6. The maximum absolute atomic E-state index is 3.36. The van der Waals surface area contributed by atoms with Gasteiger partial charge in [-0.1, -0.05) is 0 Å². The van der Waals surface area contributed by atoms with Crippen LogP contribution in [0, 0.1) is 5.41 Å². The Morgan fingerprint density at radius 3 is 2.43 bits per heavy atom. The summed E-state index contributed by atoms with van der Waals surface area (Å²) in [5, 5.41) is 3.36. The largest absolute Gasteiger partial charge is 0.319 e. The summed E-state index contributed by atoms with van der Waals surface area (Å²) in [5.41, 5.74) is 0.970. The summed E-state index contributed by atoms with van der Waals surface area (Å²) in [5.74, 6) is 0. The molecule has 82 valence electrons. The van der Waals surface area contributed by atoms with Crippen molar-refractivity contribution in [3.63, 3.8) is 0 Å². The Balaban J connectivity index is 2.10. The first-order valence-electron chi connectivity index (χ1n) is 5.84. The fraction of sp³-hybridized carbons (Fsp3) is 1.00. The van der Waals surface area contributed by atoms with E-state index in [9.17, 15) is 0 Å². The van der Waals surface area contributed by atoms with Crippen LogP contribution in [-0.4, -0.2) is 36.1 Å². The van der Waals surface area contributed by atoms with Crippen LogP contribution in [0.2, 0.25) is 0 Å². The third-order valence-corrected chi connectivity index (χ3v) is 3.96. The van der Waals surface area contributed by atoms with Gasteiger partial charge < -0.3 is 5.32 Å². The number of likely N-dealkylation sites (tertiary alicyclic amines) is 1. The molecule has 1 heterocycles. The second-order valence-corrected chi connectivity index (χ2v) is 6.24. The third kappa shape index (κ3) is 1.40. The minimum atomic E-state index is 0.343. The lowest BCUT2D eigenvalue weighted by atomic mass is 9.99. The first-order chi connectivity index (χ1) is 6.41. The Kier molecular flexibility index (Phi) is 2.20. The maximum atomic E-state index is 3.36. The van der Waals surface area contributed by atoms with E-state index in [1.165, 1.54) is 19.4 Å². The van der Waals surface area contributed by atoms with Gasteiger partial charge in [-0.05, 0) is 47.6 Å². The summed E-state index contributed by atoms with van der Waals surface area (Å²) in [6.45, 7) is 10.6. The quantitative estimate of drug-likeness (QED) is 0.725. The Hall–Kier alpha value is -0.0800. The Labute approximate surface area is 88.1 Å². The van der Waals surface area contributed by atoms with Gasteiger partial charge >= 0.3 is 0 Å². The Morgan fingerprint density at radius 1 is 1.36 bits per heavy atom. The molecule has 0 amide bonds. The van der Waals surface area contributed by atoms with E-state index in [0.29, 0.717) is 11.0 Å². The van der Waals surface area contributed by atoms with Gasteiger partial charge in [0.25, 0.3) is 0 Å². The Morgan fingerprint density at radius 2 is 2.00 bits per heavy atom. The van der Waals surface area contributed by atoms with Crippen LogP contribution in [0.15, 0.2) is 0 Å². The molecule has 0 unspecified atom stereocenters.